The van der Waals surface area contributed by atoms with Gasteiger partial charge in [0.25, 0.3) is 0 Å². The fraction of sp³-hybridized carbons (Fsp3) is 1.00. The number of hydrogen-bond acceptors (Lipinski definition) is 3. The van der Waals surface area contributed by atoms with E-state index in [0.29, 0.717) is 4.75 Å². The highest BCUT2D eigenvalue weighted by molar-refractivity contribution is 8.00. The molecule has 0 amide bonds. The fourth-order valence-corrected chi connectivity index (χ4v) is 2.66. The average Bonchev–Trinajstić information content (AvgIpc) is 2.26. The van der Waals surface area contributed by atoms with Crippen LogP contribution < -0.4 is 0 Å². The first-order valence-corrected chi connectivity index (χ1v) is 8.69. The largest absolute Gasteiger partial charge is 0.375 e. The Hall–Kier alpha value is 0.660. The van der Waals surface area contributed by atoms with Crippen molar-refractivity contribution in [1.82, 2.24) is 0 Å². The van der Waals surface area contributed by atoms with Gasteiger partial charge in [0.2, 0.25) is 0 Å². The molecule has 0 aromatic heterocycles. The molecule has 1 atom stereocenters. The number of ether oxygens (including phenoxy) is 1. The summed E-state index contributed by atoms with van der Waals surface area (Å²) in [7, 11) is 0. The van der Waals surface area contributed by atoms with E-state index in [9.17, 15) is 0 Å². The molecule has 3 heteroatoms. The summed E-state index contributed by atoms with van der Waals surface area (Å²) in [5.74, 6) is 1.18. The standard InChI is InChI=1S/C13H28OS2/c1-7-13(4,16-6)8-10-14-12(2,3)9-11-15-5/h7-11H2,1-6H3. The summed E-state index contributed by atoms with van der Waals surface area (Å²) in [6.07, 6.45) is 7.84. The number of rotatable bonds is 9. The highest BCUT2D eigenvalue weighted by Crippen LogP contribution is 2.30. The Labute approximate surface area is 110 Å². The van der Waals surface area contributed by atoms with Crippen molar-refractivity contribution in [2.45, 2.75) is 57.3 Å². The summed E-state index contributed by atoms with van der Waals surface area (Å²) < 4.78 is 6.39. The van der Waals surface area contributed by atoms with Crippen molar-refractivity contribution in [2.75, 3.05) is 24.9 Å². The van der Waals surface area contributed by atoms with Crippen molar-refractivity contribution < 1.29 is 4.74 Å². The molecule has 0 saturated heterocycles. The van der Waals surface area contributed by atoms with Gasteiger partial charge in [0.15, 0.2) is 0 Å². The smallest absolute Gasteiger partial charge is 0.0634 e. The van der Waals surface area contributed by atoms with E-state index < -0.39 is 0 Å². The molecule has 0 bridgehead atoms. The lowest BCUT2D eigenvalue weighted by Crippen LogP contribution is -2.29. The number of thioether (sulfide) groups is 2. The third-order valence-electron chi connectivity index (χ3n) is 3.27. The molecule has 0 aliphatic rings. The summed E-state index contributed by atoms with van der Waals surface area (Å²) in [4.78, 5) is 0. The van der Waals surface area contributed by atoms with Crippen LogP contribution >= 0.6 is 23.5 Å². The van der Waals surface area contributed by atoms with E-state index in [-0.39, 0.29) is 5.60 Å². The van der Waals surface area contributed by atoms with Crippen LogP contribution in [-0.2, 0) is 4.74 Å². The zero-order valence-corrected chi connectivity index (χ0v) is 13.4. The summed E-state index contributed by atoms with van der Waals surface area (Å²) in [5, 5.41) is 0. The molecule has 0 fully saturated rings. The minimum atomic E-state index is 0.0378. The second-order valence-electron chi connectivity index (χ2n) is 5.11. The molecule has 98 valence electrons. The summed E-state index contributed by atoms with van der Waals surface area (Å²) in [6.45, 7) is 9.87. The van der Waals surface area contributed by atoms with Crippen LogP contribution in [0.5, 0.6) is 0 Å². The Morgan fingerprint density at radius 3 is 2.12 bits per heavy atom. The van der Waals surface area contributed by atoms with Crippen molar-refractivity contribution in [3.8, 4) is 0 Å². The van der Waals surface area contributed by atoms with E-state index >= 15 is 0 Å². The van der Waals surface area contributed by atoms with Gasteiger partial charge in [-0.05, 0) is 51.4 Å². The van der Waals surface area contributed by atoms with Gasteiger partial charge in [-0.15, -0.1) is 0 Å². The number of hydrogen-bond donors (Lipinski definition) is 0. The minimum Gasteiger partial charge on any atom is -0.375 e. The molecule has 1 nitrogen and oxygen atoms in total. The highest BCUT2D eigenvalue weighted by atomic mass is 32.2. The normalized spacial score (nSPS) is 16.1. The van der Waals surface area contributed by atoms with Crippen LogP contribution in [0.4, 0.5) is 0 Å². The SMILES string of the molecule is CCC(C)(CCOC(C)(C)CCSC)SC. The Bertz CT molecular complexity index is 177. The Balaban J connectivity index is 3.87. The minimum absolute atomic E-state index is 0.0378. The highest BCUT2D eigenvalue weighted by Gasteiger charge is 2.23. The second-order valence-corrected chi connectivity index (χ2v) is 7.49. The van der Waals surface area contributed by atoms with E-state index in [0.717, 1.165) is 19.4 Å². The monoisotopic (exact) mass is 264 g/mol. The summed E-state index contributed by atoms with van der Waals surface area (Å²) in [6, 6.07) is 0. The molecule has 0 radical (unpaired) electrons. The van der Waals surface area contributed by atoms with Crippen LogP contribution in [0.25, 0.3) is 0 Å². The molecule has 0 spiro atoms. The predicted octanol–water partition coefficient (Wildman–Crippen LogP) is 4.46. The lowest BCUT2D eigenvalue weighted by Gasteiger charge is -2.30. The first-order chi connectivity index (χ1) is 7.39. The van der Waals surface area contributed by atoms with Crippen LogP contribution in [-0.4, -0.2) is 35.2 Å². The molecule has 16 heavy (non-hydrogen) atoms. The van der Waals surface area contributed by atoms with Gasteiger partial charge in [0, 0.05) is 11.4 Å². The summed E-state index contributed by atoms with van der Waals surface area (Å²) in [5.41, 5.74) is 0.0378. The fourth-order valence-electron chi connectivity index (χ4n) is 1.39. The van der Waals surface area contributed by atoms with Gasteiger partial charge in [-0.3, -0.25) is 0 Å². The van der Waals surface area contributed by atoms with Crippen molar-refractivity contribution in [2.24, 2.45) is 0 Å². The Morgan fingerprint density at radius 2 is 1.69 bits per heavy atom. The lowest BCUT2D eigenvalue weighted by molar-refractivity contribution is -0.0227. The molecule has 0 rings (SSSR count). The van der Waals surface area contributed by atoms with Gasteiger partial charge in [-0.2, -0.15) is 23.5 Å². The molecular formula is C13H28OS2. The first-order valence-electron chi connectivity index (χ1n) is 6.07. The third-order valence-corrected chi connectivity index (χ3v) is 5.36. The van der Waals surface area contributed by atoms with E-state index in [1.54, 1.807) is 0 Å². The zero-order chi connectivity index (χ0) is 12.7. The third kappa shape index (κ3) is 7.08. The zero-order valence-electron chi connectivity index (χ0n) is 11.8. The van der Waals surface area contributed by atoms with Crippen molar-refractivity contribution in [1.29, 1.82) is 0 Å². The molecular weight excluding hydrogens is 236 g/mol. The van der Waals surface area contributed by atoms with Crippen molar-refractivity contribution in [3.05, 3.63) is 0 Å². The molecule has 0 aliphatic heterocycles. The van der Waals surface area contributed by atoms with Gasteiger partial charge in [-0.25, -0.2) is 0 Å². The maximum Gasteiger partial charge on any atom is 0.0634 e. The Morgan fingerprint density at radius 1 is 1.06 bits per heavy atom. The molecule has 0 heterocycles. The molecule has 0 aromatic rings. The molecule has 0 aliphatic carbocycles. The molecule has 1 unspecified atom stereocenters. The maximum absolute atomic E-state index is 6.00. The van der Waals surface area contributed by atoms with Gasteiger partial charge in [0.1, 0.15) is 0 Å². The van der Waals surface area contributed by atoms with Gasteiger partial charge >= 0.3 is 0 Å². The predicted molar refractivity (Wildman–Crippen MR) is 79.9 cm³/mol. The van der Waals surface area contributed by atoms with Crippen molar-refractivity contribution in [3.63, 3.8) is 0 Å². The quantitative estimate of drug-likeness (QED) is 0.608. The maximum atomic E-state index is 6.00. The lowest BCUT2D eigenvalue weighted by atomic mass is 10.0. The molecule has 0 aromatic carbocycles. The van der Waals surface area contributed by atoms with Gasteiger partial charge < -0.3 is 4.74 Å². The van der Waals surface area contributed by atoms with E-state index in [2.05, 4.69) is 40.2 Å². The van der Waals surface area contributed by atoms with Crippen molar-refractivity contribution >= 4 is 23.5 Å². The molecule has 0 N–H and O–H groups in total. The second kappa shape index (κ2) is 7.88. The van der Waals surface area contributed by atoms with Crippen LogP contribution in [0.15, 0.2) is 0 Å². The molecule has 0 saturated carbocycles. The van der Waals surface area contributed by atoms with E-state index in [1.165, 1.54) is 12.2 Å². The topological polar surface area (TPSA) is 9.23 Å². The van der Waals surface area contributed by atoms with E-state index in [1.807, 2.05) is 23.5 Å². The van der Waals surface area contributed by atoms with Crippen LogP contribution in [0.2, 0.25) is 0 Å². The first kappa shape index (κ1) is 16.7. The average molecular weight is 264 g/mol. The van der Waals surface area contributed by atoms with Gasteiger partial charge in [-0.1, -0.05) is 13.8 Å². The van der Waals surface area contributed by atoms with E-state index in [4.69, 9.17) is 4.74 Å². The van der Waals surface area contributed by atoms with Crippen LogP contribution in [0, 0.1) is 0 Å². The Kier molecular flexibility index (Phi) is 8.21. The van der Waals surface area contributed by atoms with Crippen LogP contribution in [0.1, 0.15) is 47.0 Å². The van der Waals surface area contributed by atoms with Crippen LogP contribution in [0.3, 0.4) is 0 Å². The summed E-state index contributed by atoms with van der Waals surface area (Å²) >= 11 is 3.85. The van der Waals surface area contributed by atoms with Gasteiger partial charge in [0.05, 0.1) is 5.60 Å².